The third-order valence-electron chi connectivity index (χ3n) is 3.27. The average Bonchev–Trinajstić information content (AvgIpc) is 2.26. The lowest BCUT2D eigenvalue weighted by Crippen LogP contribution is -2.35. The zero-order valence-electron chi connectivity index (χ0n) is 10.3. The summed E-state index contributed by atoms with van der Waals surface area (Å²) in [4.78, 5) is 0. The van der Waals surface area contributed by atoms with Gasteiger partial charge in [0.1, 0.15) is 0 Å². The second-order valence-electron chi connectivity index (χ2n) is 4.67. The maximum Gasteiger partial charge on any atom is 0.00696 e. The van der Waals surface area contributed by atoms with Crippen molar-refractivity contribution in [2.45, 2.75) is 33.2 Å². The molecule has 0 amide bonds. The van der Waals surface area contributed by atoms with Gasteiger partial charge in [0, 0.05) is 6.04 Å². The monoisotopic (exact) mass is 205 g/mol. The molecule has 0 bridgehead atoms. The van der Waals surface area contributed by atoms with Crippen LogP contribution in [0, 0.1) is 11.8 Å². The molecule has 2 atom stereocenters. The molecule has 0 saturated heterocycles. The molecule has 1 aromatic carbocycles. The van der Waals surface area contributed by atoms with E-state index in [0.717, 1.165) is 0 Å². The Bertz CT molecular complexity index is 266. The summed E-state index contributed by atoms with van der Waals surface area (Å²) in [5, 5.41) is 3.37. The number of hydrogen-bond donors (Lipinski definition) is 1. The average molecular weight is 205 g/mol. The van der Waals surface area contributed by atoms with Crippen molar-refractivity contribution in [1.82, 2.24) is 5.32 Å². The minimum Gasteiger partial charge on any atom is -0.317 e. The SMILES string of the molecule is CNC(C)C(Cc1ccccc1)C(C)C. The fraction of sp³-hybridized carbons (Fsp3) is 0.571. The highest BCUT2D eigenvalue weighted by molar-refractivity contribution is 5.15. The molecule has 0 aliphatic heterocycles. The number of nitrogens with one attached hydrogen (secondary N) is 1. The van der Waals surface area contributed by atoms with Crippen molar-refractivity contribution in [3.8, 4) is 0 Å². The number of benzene rings is 1. The molecule has 84 valence electrons. The molecule has 2 unspecified atom stereocenters. The Morgan fingerprint density at radius 1 is 1.07 bits per heavy atom. The summed E-state index contributed by atoms with van der Waals surface area (Å²) >= 11 is 0. The molecule has 0 radical (unpaired) electrons. The Hall–Kier alpha value is -0.820. The summed E-state index contributed by atoms with van der Waals surface area (Å²) in [6.45, 7) is 6.89. The van der Waals surface area contributed by atoms with E-state index in [1.165, 1.54) is 12.0 Å². The number of rotatable bonds is 5. The van der Waals surface area contributed by atoms with Crippen LogP contribution in [0.1, 0.15) is 26.3 Å². The van der Waals surface area contributed by atoms with E-state index >= 15 is 0 Å². The van der Waals surface area contributed by atoms with Crippen molar-refractivity contribution in [3.63, 3.8) is 0 Å². The molecule has 0 heterocycles. The van der Waals surface area contributed by atoms with E-state index in [1.807, 2.05) is 7.05 Å². The maximum absolute atomic E-state index is 3.37. The first-order valence-corrected chi connectivity index (χ1v) is 5.86. The van der Waals surface area contributed by atoms with Gasteiger partial charge in [0.05, 0.1) is 0 Å². The van der Waals surface area contributed by atoms with Crippen LogP contribution in [0.3, 0.4) is 0 Å². The lowest BCUT2D eigenvalue weighted by molar-refractivity contribution is 0.300. The van der Waals surface area contributed by atoms with Gasteiger partial charge in [-0.05, 0) is 37.8 Å². The van der Waals surface area contributed by atoms with Crippen LogP contribution in [0.15, 0.2) is 30.3 Å². The van der Waals surface area contributed by atoms with Crippen molar-refractivity contribution in [1.29, 1.82) is 0 Å². The molecule has 1 aromatic rings. The van der Waals surface area contributed by atoms with E-state index in [2.05, 4.69) is 56.4 Å². The molecule has 0 aliphatic carbocycles. The Balaban J connectivity index is 2.67. The standard InChI is InChI=1S/C14H23N/c1-11(2)14(12(3)15-4)10-13-8-6-5-7-9-13/h5-9,11-12,14-15H,10H2,1-4H3. The minimum absolute atomic E-state index is 0.574. The summed E-state index contributed by atoms with van der Waals surface area (Å²) in [5.41, 5.74) is 1.44. The Morgan fingerprint density at radius 2 is 1.67 bits per heavy atom. The van der Waals surface area contributed by atoms with E-state index in [4.69, 9.17) is 0 Å². The molecule has 15 heavy (non-hydrogen) atoms. The van der Waals surface area contributed by atoms with Gasteiger partial charge >= 0.3 is 0 Å². The Kier molecular flexibility index (Phi) is 4.83. The van der Waals surface area contributed by atoms with Gasteiger partial charge in [0.15, 0.2) is 0 Å². The molecule has 0 spiro atoms. The molecule has 1 heteroatoms. The molecule has 1 nitrogen and oxygen atoms in total. The maximum atomic E-state index is 3.37. The van der Waals surface area contributed by atoms with Gasteiger partial charge in [-0.25, -0.2) is 0 Å². The molecule has 0 aromatic heterocycles. The van der Waals surface area contributed by atoms with Gasteiger partial charge in [0.25, 0.3) is 0 Å². The van der Waals surface area contributed by atoms with Gasteiger partial charge in [-0.1, -0.05) is 44.2 Å². The van der Waals surface area contributed by atoms with Crippen LogP contribution in [0.2, 0.25) is 0 Å². The molecule has 0 aliphatic rings. The van der Waals surface area contributed by atoms with Crippen LogP contribution < -0.4 is 5.32 Å². The van der Waals surface area contributed by atoms with Crippen LogP contribution in [0.25, 0.3) is 0 Å². The third-order valence-corrected chi connectivity index (χ3v) is 3.27. The van der Waals surface area contributed by atoms with Gasteiger partial charge in [0.2, 0.25) is 0 Å². The predicted molar refractivity (Wildman–Crippen MR) is 67.0 cm³/mol. The first-order valence-electron chi connectivity index (χ1n) is 5.86. The lowest BCUT2D eigenvalue weighted by Gasteiger charge is -2.27. The van der Waals surface area contributed by atoms with Gasteiger partial charge in [-0.3, -0.25) is 0 Å². The van der Waals surface area contributed by atoms with Crippen molar-refractivity contribution in [3.05, 3.63) is 35.9 Å². The van der Waals surface area contributed by atoms with Crippen LogP contribution in [-0.2, 0) is 6.42 Å². The van der Waals surface area contributed by atoms with Crippen LogP contribution >= 0.6 is 0 Å². The van der Waals surface area contributed by atoms with E-state index in [0.29, 0.717) is 17.9 Å². The van der Waals surface area contributed by atoms with E-state index in [1.54, 1.807) is 0 Å². The predicted octanol–water partition coefficient (Wildman–Crippen LogP) is 3.11. The Morgan fingerprint density at radius 3 is 2.13 bits per heavy atom. The number of hydrogen-bond acceptors (Lipinski definition) is 1. The molecule has 0 saturated carbocycles. The van der Waals surface area contributed by atoms with Gasteiger partial charge in [-0.15, -0.1) is 0 Å². The summed E-state index contributed by atoms with van der Waals surface area (Å²) in [7, 11) is 2.05. The fourth-order valence-electron chi connectivity index (χ4n) is 2.09. The second kappa shape index (κ2) is 5.92. The highest BCUT2D eigenvalue weighted by atomic mass is 14.9. The van der Waals surface area contributed by atoms with Gasteiger partial charge in [-0.2, -0.15) is 0 Å². The minimum atomic E-state index is 0.574. The van der Waals surface area contributed by atoms with Crippen LogP contribution in [-0.4, -0.2) is 13.1 Å². The van der Waals surface area contributed by atoms with E-state index in [9.17, 15) is 0 Å². The molecular weight excluding hydrogens is 182 g/mol. The van der Waals surface area contributed by atoms with E-state index < -0.39 is 0 Å². The lowest BCUT2D eigenvalue weighted by atomic mass is 9.84. The summed E-state index contributed by atoms with van der Waals surface area (Å²) in [5.74, 6) is 1.42. The van der Waals surface area contributed by atoms with Crippen LogP contribution in [0.4, 0.5) is 0 Å². The highest BCUT2D eigenvalue weighted by Crippen LogP contribution is 2.20. The van der Waals surface area contributed by atoms with Crippen molar-refractivity contribution >= 4 is 0 Å². The molecule has 1 N–H and O–H groups in total. The molecule has 0 fully saturated rings. The second-order valence-corrected chi connectivity index (χ2v) is 4.67. The third kappa shape index (κ3) is 3.67. The highest BCUT2D eigenvalue weighted by Gasteiger charge is 2.19. The van der Waals surface area contributed by atoms with Crippen LogP contribution in [0.5, 0.6) is 0 Å². The largest absolute Gasteiger partial charge is 0.317 e. The van der Waals surface area contributed by atoms with Crippen molar-refractivity contribution < 1.29 is 0 Å². The molecule has 1 rings (SSSR count). The zero-order valence-corrected chi connectivity index (χ0v) is 10.3. The topological polar surface area (TPSA) is 12.0 Å². The summed E-state index contributed by atoms with van der Waals surface area (Å²) in [6.07, 6.45) is 1.17. The van der Waals surface area contributed by atoms with Crippen molar-refractivity contribution in [2.75, 3.05) is 7.05 Å². The normalized spacial score (nSPS) is 15.3. The fourth-order valence-corrected chi connectivity index (χ4v) is 2.09. The Labute approximate surface area is 93.9 Å². The first-order chi connectivity index (χ1) is 7.15. The summed E-state index contributed by atoms with van der Waals surface area (Å²) in [6, 6.07) is 11.3. The quantitative estimate of drug-likeness (QED) is 0.779. The zero-order chi connectivity index (χ0) is 11.3. The van der Waals surface area contributed by atoms with Crippen molar-refractivity contribution in [2.24, 2.45) is 11.8 Å². The first kappa shape index (κ1) is 12.3. The summed E-state index contributed by atoms with van der Waals surface area (Å²) < 4.78 is 0. The van der Waals surface area contributed by atoms with Gasteiger partial charge < -0.3 is 5.32 Å². The molecular formula is C14H23N. The van der Waals surface area contributed by atoms with E-state index in [-0.39, 0.29) is 0 Å². The smallest absolute Gasteiger partial charge is 0.00696 e.